The number of nitrogens with zero attached hydrogens (tertiary/aromatic N) is 1. The molecule has 0 aliphatic carbocycles. The summed E-state index contributed by atoms with van der Waals surface area (Å²) in [6.07, 6.45) is -9.98. The van der Waals surface area contributed by atoms with Gasteiger partial charge in [0.25, 0.3) is 0 Å². The van der Waals surface area contributed by atoms with E-state index >= 15 is 0 Å². The highest BCUT2D eigenvalue weighted by Gasteiger charge is 2.39. The second-order valence-electron chi connectivity index (χ2n) is 2.86. The van der Waals surface area contributed by atoms with E-state index in [0.717, 1.165) is 0 Å². The summed E-state index contributed by atoms with van der Waals surface area (Å²) in [5.74, 6) is 0. The quantitative estimate of drug-likeness (QED) is 0.771. The average Bonchev–Trinajstić information content (AvgIpc) is 2.14. The SMILES string of the molecule is OCc1ccc(C(F)(F)F)nc1C(F)(F)F. The van der Waals surface area contributed by atoms with Crippen molar-refractivity contribution in [1.82, 2.24) is 4.98 Å². The molecule has 0 aromatic carbocycles. The summed E-state index contributed by atoms with van der Waals surface area (Å²) in [5, 5.41) is 8.55. The molecular weight excluding hydrogens is 240 g/mol. The molecule has 0 aliphatic heterocycles. The molecule has 0 atom stereocenters. The van der Waals surface area contributed by atoms with Gasteiger partial charge in [0.2, 0.25) is 0 Å². The smallest absolute Gasteiger partial charge is 0.392 e. The Balaban J connectivity index is 3.34. The highest BCUT2D eigenvalue weighted by Crippen LogP contribution is 2.34. The van der Waals surface area contributed by atoms with E-state index in [-0.39, 0.29) is 0 Å². The Morgan fingerprint density at radius 3 is 1.94 bits per heavy atom. The molecule has 0 amide bonds. The van der Waals surface area contributed by atoms with Crippen LogP contribution >= 0.6 is 0 Å². The van der Waals surface area contributed by atoms with Crippen LogP contribution in [0.2, 0.25) is 0 Å². The van der Waals surface area contributed by atoms with Crippen LogP contribution in [0.1, 0.15) is 17.0 Å². The molecule has 1 rings (SSSR count). The molecule has 1 heterocycles. The lowest BCUT2D eigenvalue weighted by molar-refractivity contribution is -0.150. The third-order valence-electron chi connectivity index (χ3n) is 1.71. The number of aliphatic hydroxyl groups is 1. The van der Waals surface area contributed by atoms with Crippen LogP contribution in [0.25, 0.3) is 0 Å². The van der Waals surface area contributed by atoms with E-state index in [9.17, 15) is 26.3 Å². The fourth-order valence-electron chi connectivity index (χ4n) is 1.02. The normalized spacial score (nSPS) is 12.9. The topological polar surface area (TPSA) is 33.1 Å². The van der Waals surface area contributed by atoms with Crippen LogP contribution in [0, 0.1) is 0 Å². The van der Waals surface area contributed by atoms with Gasteiger partial charge >= 0.3 is 12.4 Å². The Labute approximate surface area is 85.5 Å². The lowest BCUT2D eigenvalue weighted by Crippen LogP contribution is -2.17. The third kappa shape index (κ3) is 2.63. The number of hydrogen-bond donors (Lipinski definition) is 1. The average molecular weight is 245 g/mol. The van der Waals surface area contributed by atoms with E-state index in [1.807, 2.05) is 0 Å². The molecule has 0 fully saturated rings. The Morgan fingerprint density at radius 1 is 1.00 bits per heavy atom. The molecule has 16 heavy (non-hydrogen) atoms. The molecule has 90 valence electrons. The van der Waals surface area contributed by atoms with Crippen LogP contribution in [-0.4, -0.2) is 10.1 Å². The summed E-state index contributed by atoms with van der Waals surface area (Å²) in [6, 6.07) is 0.944. The van der Waals surface area contributed by atoms with E-state index in [0.29, 0.717) is 12.1 Å². The first-order valence-corrected chi connectivity index (χ1v) is 3.91. The number of pyridine rings is 1. The van der Waals surface area contributed by atoms with Gasteiger partial charge in [-0.25, -0.2) is 4.98 Å². The van der Waals surface area contributed by atoms with Gasteiger partial charge in [0, 0.05) is 5.56 Å². The first kappa shape index (κ1) is 12.8. The van der Waals surface area contributed by atoms with Gasteiger partial charge in [-0.15, -0.1) is 0 Å². The highest BCUT2D eigenvalue weighted by atomic mass is 19.4. The van der Waals surface area contributed by atoms with Crippen molar-refractivity contribution in [3.63, 3.8) is 0 Å². The molecule has 0 radical (unpaired) electrons. The zero-order valence-electron chi connectivity index (χ0n) is 7.52. The van der Waals surface area contributed by atoms with Crippen molar-refractivity contribution in [2.75, 3.05) is 0 Å². The van der Waals surface area contributed by atoms with Crippen LogP contribution in [0.15, 0.2) is 12.1 Å². The molecule has 0 saturated heterocycles. The van der Waals surface area contributed by atoms with Crippen molar-refractivity contribution < 1.29 is 31.4 Å². The van der Waals surface area contributed by atoms with Gasteiger partial charge in [-0.1, -0.05) is 6.07 Å². The first-order valence-electron chi connectivity index (χ1n) is 3.91. The molecule has 1 N–H and O–H groups in total. The predicted octanol–water partition coefficient (Wildman–Crippen LogP) is 2.61. The van der Waals surface area contributed by atoms with Gasteiger partial charge in [-0.2, -0.15) is 26.3 Å². The lowest BCUT2D eigenvalue weighted by Gasteiger charge is -2.13. The van der Waals surface area contributed by atoms with Gasteiger partial charge in [0.05, 0.1) is 6.61 Å². The van der Waals surface area contributed by atoms with Crippen molar-refractivity contribution in [2.24, 2.45) is 0 Å². The fraction of sp³-hybridized carbons (Fsp3) is 0.375. The lowest BCUT2D eigenvalue weighted by atomic mass is 10.1. The maximum atomic E-state index is 12.3. The van der Waals surface area contributed by atoms with Crippen molar-refractivity contribution >= 4 is 0 Å². The third-order valence-corrected chi connectivity index (χ3v) is 1.71. The van der Waals surface area contributed by atoms with Crippen molar-refractivity contribution in [3.8, 4) is 0 Å². The maximum absolute atomic E-state index is 12.3. The minimum Gasteiger partial charge on any atom is -0.392 e. The van der Waals surface area contributed by atoms with Crippen molar-refractivity contribution in [2.45, 2.75) is 19.0 Å². The summed E-state index contributed by atoms with van der Waals surface area (Å²) in [4.78, 5) is 2.48. The first-order chi connectivity index (χ1) is 7.16. The molecule has 0 bridgehead atoms. The van der Waals surface area contributed by atoms with Crippen LogP contribution in [0.4, 0.5) is 26.3 Å². The predicted molar refractivity (Wildman–Crippen MR) is 40.2 cm³/mol. The molecule has 0 saturated carbocycles. The van der Waals surface area contributed by atoms with Gasteiger partial charge in [0.1, 0.15) is 5.69 Å². The maximum Gasteiger partial charge on any atom is 0.433 e. The number of alkyl halides is 6. The molecule has 1 aromatic heterocycles. The van der Waals surface area contributed by atoms with Gasteiger partial charge in [0.15, 0.2) is 5.69 Å². The van der Waals surface area contributed by atoms with E-state index in [1.165, 1.54) is 0 Å². The Hall–Kier alpha value is -1.31. The second-order valence-corrected chi connectivity index (χ2v) is 2.86. The highest BCUT2D eigenvalue weighted by molar-refractivity contribution is 5.25. The zero-order valence-corrected chi connectivity index (χ0v) is 7.52. The van der Waals surface area contributed by atoms with Crippen LogP contribution in [0.3, 0.4) is 0 Å². The van der Waals surface area contributed by atoms with Gasteiger partial charge in [-0.3, -0.25) is 0 Å². The van der Waals surface area contributed by atoms with Gasteiger partial charge in [-0.05, 0) is 6.07 Å². The molecule has 0 aliphatic rings. The van der Waals surface area contributed by atoms with Crippen molar-refractivity contribution in [3.05, 3.63) is 29.1 Å². The molecule has 0 unspecified atom stereocenters. The Morgan fingerprint density at radius 2 is 1.56 bits per heavy atom. The van der Waals surface area contributed by atoms with Crippen LogP contribution < -0.4 is 0 Å². The molecule has 1 aromatic rings. The Bertz CT molecular complexity index is 383. The van der Waals surface area contributed by atoms with Gasteiger partial charge < -0.3 is 5.11 Å². The monoisotopic (exact) mass is 245 g/mol. The largest absolute Gasteiger partial charge is 0.433 e. The standard InChI is InChI=1S/C8H5F6NO/c9-7(10,11)5-2-1-4(3-16)6(15-5)8(12,13)14/h1-2,16H,3H2. The summed E-state index contributed by atoms with van der Waals surface area (Å²) < 4.78 is 73.1. The van der Waals surface area contributed by atoms with E-state index in [1.54, 1.807) is 0 Å². The molecule has 2 nitrogen and oxygen atoms in total. The van der Waals surface area contributed by atoms with Crippen LogP contribution in [0.5, 0.6) is 0 Å². The number of halogens is 6. The Kier molecular flexibility index (Phi) is 3.13. The molecular formula is C8H5F6NO. The summed E-state index contributed by atoms with van der Waals surface area (Å²) in [5.41, 5.74) is -4.05. The summed E-state index contributed by atoms with van der Waals surface area (Å²) >= 11 is 0. The van der Waals surface area contributed by atoms with E-state index < -0.39 is 35.9 Å². The summed E-state index contributed by atoms with van der Waals surface area (Å²) in [7, 11) is 0. The van der Waals surface area contributed by atoms with E-state index in [4.69, 9.17) is 5.11 Å². The fourth-order valence-corrected chi connectivity index (χ4v) is 1.02. The summed E-state index contributed by atoms with van der Waals surface area (Å²) in [6.45, 7) is -1.03. The molecule has 8 heteroatoms. The van der Waals surface area contributed by atoms with Crippen LogP contribution in [-0.2, 0) is 19.0 Å². The number of rotatable bonds is 1. The number of hydrogen-bond acceptors (Lipinski definition) is 2. The number of aromatic nitrogens is 1. The second kappa shape index (κ2) is 3.93. The van der Waals surface area contributed by atoms with Crippen molar-refractivity contribution in [1.29, 1.82) is 0 Å². The number of aliphatic hydroxyl groups excluding tert-OH is 1. The zero-order chi connectivity index (χ0) is 12.6. The minimum absolute atomic E-state index is 0.390. The molecule has 0 spiro atoms. The van der Waals surface area contributed by atoms with E-state index in [2.05, 4.69) is 4.98 Å². The minimum atomic E-state index is -5.03.